The van der Waals surface area contributed by atoms with Crippen LogP contribution in [-0.2, 0) is 6.42 Å². The standard InChI is InChI=1S/C10H18N5/c1-9(6-10-12-8-13-14-10)7-15-4-2-11-3-5-15/h8,11H,2-7H2,1H3,(H,12,13,14). The SMILES string of the molecule is C[C](Cc1nc[nH]n1)CN1CCNCC1. The fourth-order valence-electron chi connectivity index (χ4n) is 1.90. The molecule has 0 aromatic carbocycles. The van der Waals surface area contributed by atoms with Gasteiger partial charge in [0.05, 0.1) is 0 Å². The average Bonchev–Trinajstić information content (AvgIpc) is 2.71. The average molecular weight is 208 g/mol. The minimum absolute atomic E-state index is 0.882. The number of hydrogen-bond donors (Lipinski definition) is 2. The van der Waals surface area contributed by atoms with Crippen molar-refractivity contribution >= 4 is 0 Å². The number of hydrogen-bond acceptors (Lipinski definition) is 4. The second-order valence-corrected chi connectivity index (χ2v) is 4.08. The Labute approximate surface area is 90.3 Å². The molecule has 0 amide bonds. The first kappa shape index (κ1) is 10.6. The third-order valence-corrected chi connectivity index (χ3v) is 2.63. The zero-order valence-electron chi connectivity index (χ0n) is 9.16. The topological polar surface area (TPSA) is 56.8 Å². The molecule has 1 aromatic heterocycles. The highest BCUT2D eigenvalue weighted by Gasteiger charge is 2.14. The molecule has 1 aliphatic rings. The van der Waals surface area contributed by atoms with Crippen molar-refractivity contribution < 1.29 is 0 Å². The summed E-state index contributed by atoms with van der Waals surface area (Å²) < 4.78 is 0. The van der Waals surface area contributed by atoms with Crippen molar-refractivity contribution in [2.45, 2.75) is 13.3 Å². The van der Waals surface area contributed by atoms with E-state index in [9.17, 15) is 0 Å². The number of rotatable bonds is 4. The number of nitrogens with one attached hydrogen (secondary N) is 2. The third-order valence-electron chi connectivity index (χ3n) is 2.63. The maximum absolute atomic E-state index is 4.13. The zero-order chi connectivity index (χ0) is 10.5. The van der Waals surface area contributed by atoms with Gasteiger partial charge in [0.25, 0.3) is 0 Å². The molecular formula is C10H18N5. The van der Waals surface area contributed by atoms with Crippen molar-refractivity contribution in [3.63, 3.8) is 0 Å². The minimum Gasteiger partial charge on any atom is -0.314 e. The van der Waals surface area contributed by atoms with Crippen LogP contribution in [0.15, 0.2) is 6.33 Å². The van der Waals surface area contributed by atoms with Crippen molar-refractivity contribution in [3.8, 4) is 0 Å². The monoisotopic (exact) mass is 208 g/mol. The van der Waals surface area contributed by atoms with E-state index in [-0.39, 0.29) is 0 Å². The molecule has 2 N–H and O–H groups in total. The van der Waals surface area contributed by atoms with Gasteiger partial charge in [-0.25, -0.2) is 4.98 Å². The Bertz CT molecular complexity index is 265. The molecule has 1 fully saturated rings. The van der Waals surface area contributed by atoms with Crippen LogP contribution in [0.4, 0.5) is 0 Å². The van der Waals surface area contributed by atoms with E-state index in [0.717, 1.165) is 45.0 Å². The van der Waals surface area contributed by atoms with E-state index in [0.29, 0.717) is 0 Å². The van der Waals surface area contributed by atoms with Crippen molar-refractivity contribution in [1.29, 1.82) is 0 Å². The first-order valence-electron chi connectivity index (χ1n) is 5.43. The maximum Gasteiger partial charge on any atom is 0.150 e. The molecule has 83 valence electrons. The summed E-state index contributed by atoms with van der Waals surface area (Å²) in [5.41, 5.74) is 0. The van der Waals surface area contributed by atoms with Gasteiger partial charge in [-0.15, -0.1) is 0 Å². The summed E-state index contributed by atoms with van der Waals surface area (Å²) >= 11 is 0. The molecule has 5 nitrogen and oxygen atoms in total. The molecule has 0 bridgehead atoms. The molecule has 1 aliphatic heterocycles. The van der Waals surface area contributed by atoms with Crippen LogP contribution in [-0.4, -0.2) is 52.8 Å². The maximum atomic E-state index is 4.13. The second-order valence-electron chi connectivity index (χ2n) is 4.08. The van der Waals surface area contributed by atoms with Gasteiger partial charge >= 0.3 is 0 Å². The van der Waals surface area contributed by atoms with Gasteiger partial charge in [-0.2, -0.15) is 5.10 Å². The third kappa shape index (κ3) is 3.28. The largest absolute Gasteiger partial charge is 0.314 e. The Balaban J connectivity index is 1.74. The predicted molar refractivity (Wildman–Crippen MR) is 58.3 cm³/mol. The number of aromatic nitrogens is 3. The number of nitrogens with zero attached hydrogens (tertiary/aromatic N) is 3. The summed E-state index contributed by atoms with van der Waals surface area (Å²) in [5.74, 6) is 2.32. The van der Waals surface area contributed by atoms with Gasteiger partial charge in [0.1, 0.15) is 6.33 Å². The Morgan fingerprint density at radius 1 is 1.47 bits per heavy atom. The van der Waals surface area contributed by atoms with Crippen LogP contribution in [0.3, 0.4) is 0 Å². The fraction of sp³-hybridized carbons (Fsp3) is 0.700. The molecule has 1 saturated heterocycles. The van der Waals surface area contributed by atoms with E-state index in [2.05, 4.69) is 32.3 Å². The molecular weight excluding hydrogens is 190 g/mol. The van der Waals surface area contributed by atoms with Gasteiger partial charge < -0.3 is 10.2 Å². The highest BCUT2D eigenvalue weighted by atomic mass is 15.2. The van der Waals surface area contributed by atoms with Gasteiger partial charge in [-0.3, -0.25) is 5.10 Å². The van der Waals surface area contributed by atoms with E-state index in [4.69, 9.17) is 0 Å². The molecule has 0 aliphatic carbocycles. The Morgan fingerprint density at radius 3 is 2.93 bits per heavy atom. The number of aromatic amines is 1. The molecule has 15 heavy (non-hydrogen) atoms. The first-order valence-corrected chi connectivity index (χ1v) is 5.43. The van der Waals surface area contributed by atoms with Crippen molar-refractivity contribution in [3.05, 3.63) is 18.1 Å². The smallest absolute Gasteiger partial charge is 0.150 e. The minimum atomic E-state index is 0.882. The van der Waals surface area contributed by atoms with E-state index >= 15 is 0 Å². The van der Waals surface area contributed by atoms with Crippen molar-refractivity contribution in [1.82, 2.24) is 25.4 Å². The molecule has 0 spiro atoms. The molecule has 0 unspecified atom stereocenters. The van der Waals surface area contributed by atoms with Crippen LogP contribution < -0.4 is 5.32 Å². The zero-order valence-corrected chi connectivity index (χ0v) is 9.16. The summed E-state index contributed by atoms with van der Waals surface area (Å²) in [6.45, 7) is 7.74. The summed E-state index contributed by atoms with van der Waals surface area (Å²) in [4.78, 5) is 6.60. The molecule has 0 saturated carbocycles. The van der Waals surface area contributed by atoms with Gasteiger partial charge in [0.2, 0.25) is 0 Å². The molecule has 2 heterocycles. The first-order chi connectivity index (χ1) is 7.34. The van der Waals surface area contributed by atoms with Crippen LogP contribution in [0.25, 0.3) is 0 Å². The lowest BCUT2D eigenvalue weighted by molar-refractivity contribution is 0.247. The van der Waals surface area contributed by atoms with Crippen LogP contribution in [0.2, 0.25) is 0 Å². The van der Waals surface area contributed by atoms with E-state index < -0.39 is 0 Å². The molecule has 1 radical (unpaired) electrons. The number of H-pyrrole nitrogens is 1. The lowest BCUT2D eigenvalue weighted by atomic mass is 10.1. The van der Waals surface area contributed by atoms with Gasteiger partial charge in [-0.1, -0.05) is 6.92 Å². The van der Waals surface area contributed by atoms with Gasteiger partial charge in [0, 0.05) is 39.1 Å². The second kappa shape index (κ2) is 5.23. The highest BCUT2D eigenvalue weighted by Crippen LogP contribution is 2.08. The van der Waals surface area contributed by atoms with Gasteiger partial charge in [-0.05, 0) is 5.92 Å². The van der Waals surface area contributed by atoms with Crippen LogP contribution in [0.5, 0.6) is 0 Å². The van der Waals surface area contributed by atoms with Crippen LogP contribution in [0, 0.1) is 5.92 Å². The molecule has 1 aromatic rings. The highest BCUT2D eigenvalue weighted by molar-refractivity contribution is 4.99. The fourth-order valence-corrected chi connectivity index (χ4v) is 1.90. The van der Waals surface area contributed by atoms with Crippen LogP contribution in [0.1, 0.15) is 12.7 Å². The molecule has 2 rings (SSSR count). The Hall–Kier alpha value is -0.940. The normalized spacial score (nSPS) is 18.5. The van der Waals surface area contributed by atoms with E-state index in [1.165, 1.54) is 5.92 Å². The van der Waals surface area contributed by atoms with Gasteiger partial charge in [0.15, 0.2) is 5.82 Å². The van der Waals surface area contributed by atoms with E-state index in [1.54, 1.807) is 6.33 Å². The lowest BCUT2D eigenvalue weighted by Gasteiger charge is -2.29. The summed E-state index contributed by atoms with van der Waals surface area (Å²) in [6.07, 6.45) is 2.51. The summed E-state index contributed by atoms with van der Waals surface area (Å²) in [7, 11) is 0. The summed E-state index contributed by atoms with van der Waals surface area (Å²) in [6, 6.07) is 0. The van der Waals surface area contributed by atoms with Crippen LogP contribution >= 0.6 is 0 Å². The molecule has 5 heteroatoms. The Morgan fingerprint density at radius 2 is 2.27 bits per heavy atom. The van der Waals surface area contributed by atoms with Crippen molar-refractivity contribution in [2.24, 2.45) is 0 Å². The lowest BCUT2D eigenvalue weighted by Crippen LogP contribution is -2.44. The number of piperazine rings is 1. The van der Waals surface area contributed by atoms with Crippen molar-refractivity contribution in [2.75, 3.05) is 32.7 Å². The Kier molecular flexibility index (Phi) is 3.69. The summed E-state index contributed by atoms with van der Waals surface area (Å²) in [5, 5.41) is 10.2. The molecule has 0 atom stereocenters. The quantitative estimate of drug-likeness (QED) is 0.722. The predicted octanol–water partition coefficient (Wildman–Crippen LogP) is -0.153. The van der Waals surface area contributed by atoms with E-state index in [1.807, 2.05) is 0 Å².